The molecule has 0 spiro atoms. The molecule has 0 bridgehead atoms. The zero-order chi connectivity index (χ0) is 16.1. The lowest BCUT2D eigenvalue weighted by atomic mass is 10.2. The number of benzene rings is 1. The first-order valence-corrected chi connectivity index (χ1v) is 6.98. The molecule has 22 heavy (non-hydrogen) atoms. The van der Waals surface area contributed by atoms with Crippen LogP contribution in [-0.2, 0) is 4.79 Å². The summed E-state index contributed by atoms with van der Waals surface area (Å²) in [7, 11) is 1.70. The number of carbonyl (C=O) groups is 2. The lowest BCUT2D eigenvalue weighted by molar-refractivity contribution is -0.127. The molecule has 2 N–H and O–H groups in total. The summed E-state index contributed by atoms with van der Waals surface area (Å²) in [5.74, 6) is -0.469. The Morgan fingerprint density at radius 2 is 2.05 bits per heavy atom. The van der Waals surface area contributed by atoms with E-state index in [9.17, 15) is 14.4 Å². The smallest absolute Gasteiger partial charge is 0.287 e. The van der Waals surface area contributed by atoms with E-state index in [1.54, 1.807) is 36.2 Å². The van der Waals surface area contributed by atoms with Crippen LogP contribution < -0.4 is 10.9 Å². The summed E-state index contributed by atoms with van der Waals surface area (Å²) in [6.45, 7) is 2.44. The van der Waals surface area contributed by atoms with Crippen LogP contribution in [-0.4, -0.2) is 46.8 Å². The molecule has 0 saturated carbocycles. The summed E-state index contributed by atoms with van der Waals surface area (Å²) in [6, 6.07) is 6.84. The third-order valence-corrected chi connectivity index (χ3v) is 3.32. The first-order valence-electron chi connectivity index (χ1n) is 6.98. The van der Waals surface area contributed by atoms with Gasteiger partial charge in [0.2, 0.25) is 5.91 Å². The second-order valence-electron chi connectivity index (χ2n) is 4.98. The minimum Gasteiger partial charge on any atom is -0.349 e. The Hall–Kier alpha value is -2.70. The van der Waals surface area contributed by atoms with Crippen molar-refractivity contribution < 1.29 is 9.59 Å². The van der Waals surface area contributed by atoms with E-state index in [-0.39, 0.29) is 17.3 Å². The molecule has 0 saturated heterocycles. The van der Waals surface area contributed by atoms with Gasteiger partial charge in [0.05, 0.1) is 10.9 Å². The number of hydrogen-bond acceptors (Lipinski definition) is 4. The third kappa shape index (κ3) is 3.69. The van der Waals surface area contributed by atoms with Gasteiger partial charge in [-0.15, -0.1) is 0 Å². The van der Waals surface area contributed by atoms with Crippen molar-refractivity contribution >= 4 is 22.7 Å². The van der Waals surface area contributed by atoms with Crippen molar-refractivity contribution in [1.82, 2.24) is 20.2 Å². The SMILES string of the molecule is CC(=O)N(C)CCCNC(=O)c1nc2ccccc2c(=O)[nH]1. The van der Waals surface area contributed by atoms with Gasteiger partial charge in [-0.2, -0.15) is 0 Å². The zero-order valence-electron chi connectivity index (χ0n) is 12.5. The lowest BCUT2D eigenvalue weighted by Gasteiger charge is -2.14. The van der Waals surface area contributed by atoms with Crippen LogP contribution in [0.4, 0.5) is 0 Å². The molecule has 1 heterocycles. The van der Waals surface area contributed by atoms with Crippen molar-refractivity contribution in [2.75, 3.05) is 20.1 Å². The molecule has 7 heteroatoms. The molecule has 116 valence electrons. The summed E-state index contributed by atoms with van der Waals surface area (Å²) in [6.07, 6.45) is 0.625. The summed E-state index contributed by atoms with van der Waals surface area (Å²) < 4.78 is 0. The Balaban J connectivity index is 1.98. The van der Waals surface area contributed by atoms with Gasteiger partial charge in [0.25, 0.3) is 11.5 Å². The fraction of sp³-hybridized carbons (Fsp3) is 0.333. The predicted molar refractivity (Wildman–Crippen MR) is 82.6 cm³/mol. The van der Waals surface area contributed by atoms with Crippen molar-refractivity contribution in [2.24, 2.45) is 0 Å². The van der Waals surface area contributed by atoms with Gasteiger partial charge in [-0.05, 0) is 18.6 Å². The van der Waals surface area contributed by atoms with Gasteiger partial charge < -0.3 is 15.2 Å². The Bertz CT molecular complexity index is 754. The molecule has 2 rings (SSSR count). The van der Waals surface area contributed by atoms with Crippen LogP contribution in [0.5, 0.6) is 0 Å². The van der Waals surface area contributed by atoms with Crippen LogP contribution in [0, 0.1) is 0 Å². The van der Waals surface area contributed by atoms with Crippen LogP contribution in [0.15, 0.2) is 29.1 Å². The van der Waals surface area contributed by atoms with Gasteiger partial charge in [-0.3, -0.25) is 14.4 Å². The quantitative estimate of drug-likeness (QED) is 0.787. The van der Waals surface area contributed by atoms with E-state index in [0.717, 1.165) is 0 Å². The number of rotatable bonds is 5. The largest absolute Gasteiger partial charge is 0.349 e. The highest BCUT2D eigenvalue weighted by Gasteiger charge is 2.10. The molecule has 7 nitrogen and oxygen atoms in total. The Morgan fingerprint density at radius 3 is 2.77 bits per heavy atom. The standard InChI is InChI=1S/C15H18N4O3/c1-10(20)19(2)9-5-8-16-15(22)13-17-12-7-4-3-6-11(12)14(21)18-13/h3-4,6-7H,5,8-9H2,1-2H3,(H,16,22)(H,17,18,21). The van der Waals surface area contributed by atoms with Crippen LogP contribution in [0.25, 0.3) is 10.9 Å². The highest BCUT2D eigenvalue weighted by atomic mass is 16.2. The second-order valence-corrected chi connectivity index (χ2v) is 4.98. The van der Waals surface area contributed by atoms with Crippen LogP contribution in [0.1, 0.15) is 24.0 Å². The fourth-order valence-electron chi connectivity index (χ4n) is 1.95. The number of fused-ring (bicyclic) bond motifs is 1. The van der Waals surface area contributed by atoms with Gasteiger partial charge >= 0.3 is 0 Å². The molecule has 0 aliphatic carbocycles. The topological polar surface area (TPSA) is 95.2 Å². The number of nitrogens with one attached hydrogen (secondary N) is 2. The molecule has 1 aromatic carbocycles. The summed E-state index contributed by atoms with van der Waals surface area (Å²) in [4.78, 5) is 43.1. The van der Waals surface area contributed by atoms with E-state index in [1.807, 2.05) is 0 Å². The first-order chi connectivity index (χ1) is 10.5. The second kappa shape index (κ2) is 6.84. The highest BCUT2D eigenvalue weighted by Crippen LogP contribution is 2.05. The summed E-state index contributed by atoms with van der Waals surface area (Å²) >= 11 is 0. The lowest BCUT2D eigenvalue weighted by Crippen LogP contribution is -2.32. The number of aromatic amines is 1. The minimum absolute atomic E-state index is 0.0105. The van der Waals surface area contributed by atoms with Gasteiger partial charge in [0, 0.05) is 27.1 Å². The van der Waals surface area contributed by atoms with E-state index < -0.39 is 5.91 Å². The van der Waals surface area contributed by atoms with E-state index in [1.165, 1.54) is 6.92 Å². The van der Waals surface area contributed by atoms with Crippen molar-refractivity contribution in [1.29, 1.82) is 0 Å². The number of amides is 2. The third-order valence-electron chi connectivity index (χ3n) is 3.32. The molecule has 0 atom stereocenters. The minimum atomic E-state index is -0.437. The van der Waals surface area contributed by atoms with Gasteiger partial charge in [0.15, 0.2) is 5.82 Å². The maximum absolute atomic E-state index is 12.0. The average molecular weight is 302 g/mol. The van der Waals surface area contributed by atoms with Crippen molar-refractivity contribution in [2.45, 2.75) is 13.3 Å². The molecular formula is C15H18N4O3. The number of carbonyl (C=O) groups excluding carboxylic acids is 2. The number of aromatic nitrogens is 2. The molecule has 0 aliphatic heterocycles. The highest BCUT2D eigenvalue weighted by molar-refractivity contribution is 5.92. The van der Waals surface area contributed by atoms with Crippen LogP contribution in [0.2, 0.25) is 0 Å². The number of para-hydroxylation sites is 1. The Labute approximate surface area is 127 Å². The van der Waals surface area contributed by atoms with Gasteiger partial charge in [-0.1, -0.05) is 12.1 Å². The molecule has 2 aromatic rings. The van der Waals surface area contributed by atoms with Gasteiger partial charge in [0.1, 0.15) is 0 Å². The van der Waals surface area contributed by atoms with E-state index in [2.05, 4.69) is 15.3 Å². The Morgan fingerprint density at radius 1 is 1.32 bits per heavy atom. The molecule has 0 unspecified atom stereocenters. The monoisotopic (exact) mass is 302 g/mol. The fourth-order valence-corrected chi connectivity index (χ4v) is 1.95. The van der Waals surface area contributed by atoms with Crippen molar-refractivity contribution in [3.05, 3.63) is 40.4 Å². The van der Waals surface area contributed by atoms with Gasteiger partial charge in [-0.25, -0.2) is 4.98 Å². The number of hydrogen-bond donors (Lipinski definition) is 2. The normalized spacial score (nSPS) is 10.5. The maximum atomic E-state index is 12.0. The molecular weight excluding hydrogens is 284 g/mol. The maximum Gasteiger partial charge on any atom is 0.287 e. The predicted octanol–water partition coefficient (Wildman–Crippen LogP) is 0.521. The average Bonchev–Trinajstić information content (AvgIpc) is 2.50. The Kier molecular flexibility index (Phi) is 4.88. The van der Waals surface area contributed by atoms with E-state index in [4.69, 9.17) is 0 Å². The zero-order valence-corrected chi connectivity index (χ0v) is 12.5. The van der Waals surface area contributed by atoms with Crippen LogP contribution in [0.3, 0.4) is 0 Å². The molecule has 2 amide bonds. The first kappa shape index (κ1) is 15.7. The van der Waals surface area contributed by atoms with E-state index >= 15 is 0 Å². The number of H-pyrrole nitrogens is 1. The van der Waals surface area contributed by atoms with Crippen molar-refractivity contribution in [3.8, 4) is 0 Å². The summed E-state index contributed by atoms with van der Waals surface area (Å²) in [5, 5.41) is 3.12. The summed E-state index contributed by atoms with van der Waals surface area (Å²) in [5.41, 5.74) is 0.139. The van der Waals surface area contributed by atoms with E-state index in [0.29, 0.717) is 30.4 Å². The van der Waals surface area contributed by atoms with Crippen molar-refractivity contribution in [3.63, 3.8) is 0 Å². The molecule has 0 aliphatic rings. The molecule has 0 fully saturated rings. The number of nitrogens with zero attached hydrogens (tertiary/aromatic N) is 2. The van der Waals surface area contributed by atoms with Crippen LogP contribution >= 0.6 is 0 Å². The molecule has 0 radical (unpaired) electrons. The molecule has 1 aromatic heterocycles.